The number of carbonyl (C=O) groups is 1. The van der Waals surface area contributed by atoms with Crippen molar-refractivity contribution < 1.29 is 18.3 Å². The molecule has 1 fully saturated rings. The fourth-order valence-electron chi connectivity index (χ4n) is 2.62. The Morgan fingerprint density at radius 2 is 2.05 bits per heavy atom. The van der Waals surface area contributed by atoms with Gasteiger partial charge in [0.1, 0.15) is 9.84 Å². The van der Waals surface area contributed by atoms with E-state index in [1.165, 1.54) is 0 Å². The molecule has 0 radical (unpaired) electrons. The minimum atomic E-state index is -3.14. The van der Waals surface area contributed by atoms with Gasteiger partial charge < -0.3 is 10.4 Å². The van der Waals surface area contributed by atoms with E-state index in [-0.39, 0.29) is 36.1 Å². The molecule has 0 bridgehead atoms. The van der Waals surface area contributed by atoms with Gasteiger partial charge in [0.25, 0.3) is 0 Å². The first-order valence-electron chi connectivity index (χ1n) is 7.37. The summed E-state index contributed by atoms with van der Waals surface area (Å²) in [4.78, 5) is 15.9. The highest BCUT2D eigenvalue weighted by molar-refractivity contribution is 7.90. The summed E-state index contributed by atoms with van der Waals surface area (Å²) in [5.74, 6) is -0.176. The summed E-state index contributed by atoms with van der Waals surface area (Å²) < 4.78 is 22.3. The maximum absolute atomic E-state index is 12.0. The molecule has 0 aliphatic heterocycles. The molecule has 2 N–H and O–H groups in total. The number of aromatic nitrogens is 1. The molecular weight excluding hydrogens is 304 g/mol. The Morgan fingerprint density at radius 3 is 2.59 bits per heavy atom. The lowest BCUT2D eigenvalue weighted by molar-refractivity contribution is -0.122. The molecule has 0 unspecified atom stereocenters. The van der Waals surface area contributed by atoms with E-state index in [0.717, 1.165) is 11.8 Å². The van der Waals surface area contributed by atoms with Gasteiger partial charge in [0, 0.05) is 31.1 Å². The first kappa shape index (κ1) is 16.9. The van der Waals surface area contributed by atoms with Gasteiger partial charge in [0.15, 0.2) is 0 Å². The molecule has 0 spiro atoms. The van der Waals surface area contributed by atoms with Gasteiger partial charge in [-0.25, -0.2) is 8.42 Å². The third kappa shape index (κ3) is 5.38. The van der Waals surface area contributed by atoms with E-state index in [0.29, 0.717) is 19.3 Å². The molecule has 1 aromatic heterocycles. The van der Waals surface area contributed by atoms with Crippen molar-refractivity contribution in [1.29, 1.82) is 0 Å². The average Bonchev–Trinajstić information content (AvgIpc) is 2.41. The number of pyridine rings is 1. The van der Waals surface area contributed by atoms with E-state index in [1.807, 2.05) is 12.1 Å². The minimum Gasteiger partial charge on any atom is -0.393 e. The van der Waals surface area contributed by atoms with E-state index >= 15 is 0 Å². The summed E-state index contributed by atoms with van der Waals surface area (Å²) in [6, 6.07) is 3.70. The zero-order chi connectivity index (χ0) is 16.2. The number of amides is 1. The van der Waals surface area contributed by atoms with E-state index < -0.39 is 9.84 Å². The number of hydrogen-bond donors (Lipinski definition) is 2. The van der Waals surface area contributed by atoms with Crippen molar-refractivity contribution in [3.8, 4) is 0 Å². The highest BCUT2D eigenvalue weighted by atomic mass is 32.2. The predicted octanol–water partition coefficient (Wildman–Crippen LogP) is 0.315. The van der Waals surface area contributed by atoms with Gasteiger partial charge in [-0.1, -0.05) is 0 Å². The SMILES string of the molecule is CS(=O)(=O)CCC(=O)N[C@H](Cc1ccncc1)C1CC(O)C1. The quantitative estimate of drug-likeness (QED) is 0.752. The molecular formula is C15H22N2O4S. The standard InChI is InChI=1S/C15H22N2O4S/c1-22(20,21)7-4-15(19)17-14(12-9-13(18)10-12)8-11-2-5-16-6-3-11/h2-3,5-6,12-14,18H,4,7-10H2,1H3,(H,17,19)/t12?,13?,14-/m1/s1. The summed E-state index contributed by atoms with van der Waals surface area (Å²) in [5.41, 5.74) is 1.06. The molecule has 1 aliphatic carbocycles. The minimum absolute atomic E-state index is 0.0268. The van der Waals surface area contributed by atoms with Crippen LogP contribution in [0.2, 0.25) is 0 Å². The topological polar surface area (TPSA) is 96.4 Å². The second kappa shape index (κ2) is 7.19. The number of rotatable bonds is 7. The van der Waals surface area contributed by atoms with Crippen molar-refractivity contribution in [1.82, 2.24) is 10.3 Å². The molecule has 2 rings (SSSR count). The first-order valence-corrected chi connectivity index (χ1v) is 9.43. The van der Waals surface area contributed by atoms with Crippen molar-refractivity contribution in [2.75, 3.05) is 12.0 Å². The highest BCUT2D eigenvalue weighted by Crippen LogP contribution is 2.31. The maximum atomic E-state index is 12.0. The smallest absolute Gasteiger partial charge is 0.221 e. The summed E-state index contributed by atoms with van der Waals surface area (Å²) in [6.07, 6.45) is 6.20. The van der Waals surface area contributed by atoms with Crippen LogP contribution in [0.1, 0.15) is 24.8 Å². The number of nitrogens with zero attached hydrogens (tertiary/aromatic N) is 1. The van der Waals surface area contributed by atoms with Gasteiger partial charge in [-0.15, -0.1) is 0 Å². The van der Waals surface area contributed by atoms with Gasteiger partial charge in [0.05, 0.1) is 11.9 Å². The van der Waals surface area contributed by atoms with Crippen LogP contribution in [-0.4, -0.2) is 48.6 Å². The van der Waals surface area contributed by atoms with Crippen LogP contribution in [0.15, 0.2) is 24.5 Å². The van der Waals surface area contributed by atoms with Gasteiger partial charge in [-0.05, 0) is 42.9 Å². The lowest BCUT2D eigenvalue weighted by Gasteiger charge is -2.38. The molecule has 1 saturated carbocycles. The molecule has 1 aliphatic rings. The normalized spacial score (nSPS) is 22.6. The van der Waals surface area contributed by atoms with Gasteiger partial charge in [-0.2, -0.15) is 0 Å². The number of nitrogens with one attached hydrogen (secondary N) is 1. The van der Waals surface area contributed by atoms with E-state index in [1.54, 1.807) is 12.4 Å². The fraction of sp³-hybridized carbons (Fsp3) is 0.600. The molecule has 1 heterocycles. The van der Waals surface area contributed by atoms with Crippen molar-refractivity contribution in [3.05, 3.63) is 30.1 Å². The fourth-order valence-corrected chi connectivity index (χ4v) is 3.18. The van der Waals surface area contributed by atoms with Crippen LogP contribution in [-0.2, 0) is 21.1 Å². The number of carbonyl (C=O) groups excluding carboxylic acids is 1. The predicted molar refractivity (Wildman–Crippen MR) is 82.9 cm³/mol. The Morgan fingerprint density at radius 1 is 1.41 bits per heavy atom. The molecule has 1 atom stereocenters. The number of aliphatic hydroxyl groups is 1. The van der Waals surface area contributed by atoms with Crippen LogP contribution in [0, 0.1) is 5.92 Å². The number of sulfone groups is 1. The summed E-state index contributed by atoms with van der Waals surface area (Å²) in [6.45, 7) is 0. The van der Waals surface area contributed by atoms with E-state index in [4.69, 9.17) is 0 Å². The summed E-state index contributed by atoms with van der Waals surface area (Å²) in [7, 11) is -3.14. The molecule has 7 heteroatoms. The van der Waals surface area contributed by atoms with Crippen molar-refractivity contribution in [3.63, 3.8) is 0 Å². The van der Waals surface area contributed by atoms with E-state index in [2.05, 4.69) is 10.3 Å². The van der Waals surface area contributed by atoms with Crippen LogP contribution in [0.5, 0.6) is 0 Å². The van der Waals surface area contributed by atoms with Crippen molar-refractivity contribution in [2.24, 2.45) is 5.92 Å². The summed E-state index contributed by atoms with van der Waals surface area (Å²) >= 11 is 0. The Hall–Kier alpha value is -1.47. The second-order valence-electron chi connectivity index (χ2n) is 6.00. The van der Waals surface area contributed by atoms with Crippen LogP contribution in [0.3, 0.4) is 0 Å². The lowest BCUT2D eigenvalue weighted by Crippen LogP contribution is -2.48. The molecule has 0 saturated heterocycles. The summed E-state index contributed by atoms with van der Waals surface area (Å²) in [5, 5.41) is 12.4. The highest BCUT2D eigenvalue weighted by Gasteiger charge is 2.34. The molecule has 0 aromatic carbocycles. The van der Waals surface area contributed by atoms with Gasteiger partial charge >= 0.3 is 0 Å². The van der Waals surface area contributed by atoms with Crippen molar-refractivity contribution >= 4 is 15.7 Å². The molecule has 22 heavy (non-hydrogen) atoms. The molecule has 122 valence electrons. The Balaban J connectivity index is 1.94. The largest absolute Gasteiger partial charge is 0.393 e. The molecule has 1 amide bonds. The molecule has 1 aromatic rings. The zero-order valence-electron chi connectivity index (χ0n) is 12.6. The van der Waals surface area contributed by atoms with Crippen LogP contribution in [0.4, 0.5) is 0 Å². The number of hydrogen-bond acceptors (Lipinski definition) is 5. The van der Waals surface area contributed by atoms with Crippen LogP contribution in [0.25, 0.3) is 0 Å². The maximum Gasteiger partial charge on any atom is 0.221 e. The second-order valence-corrected chi connectivity index (χ2v) is 8.26. The molecule has 6 nitrogen and oxygen atoms in total. The lowest BCUT2D eigenvalue weighted by atomic mass is 9.75. The monoisotopic (exact) mass is 326 g/mol. The Kier molecular flexibility index (Phi) is 5.52. The van der Waals surface area contributed by atoms with E-state index in [9.17, 15) is 18.3 Å². The average molecular weight is 326 g/mol. The van der Waals surface area contributed by atoms with Crippen LogP contribution < -0.4 is 5.32 Å². The Bertz CT molecular complexity index is 597. The third-order valence-electron chi connectivity index (χ3n) is 3.97. The third-order valence-corrected chi connectivity index (χ3v) is 4.92. The van der Waals surface area contributed by atoms with Crippen molar-refractivity contribution in [2.45, 2.75) is 37.8 Å². The Labute approximate surface area is 130 Å². The number of aliphatic hydroxyl groups excluding tert-OH is 1. The van der Waals surface area contributed by atoms with Gasteiger partial charge in [-0.3, -0.25) is 9.78 Å². The van der Waals surface area contributed by atoms with Gasteiger partial charge in [0.2, 0.25) is 5.91 Å². The zero-order valence-corrected chi connectivity index (χ0v) is 13.4. The first-order chi connectivity index (χ1) is 10.3. The van der Waals surface area contributed by atoms with Crippen LogP contribution >= 0.6 is 0 Å².